The van der Waals surface area contributed by atoms with E-state index >= 15 is 0 Å². The average Bonchev–Trinajstić information content (AvgIpc) is 2.81. The topological polar surface area (TPSA) is 87.6 Å². The second kappa shape index (κ2) is 5.43. The van der Waals surface area contributed by atoms with Gasteiger partial charge in [0.1, 0.15) is 6.61 Å². The molecule has 2 rings (SSSR count). The SMILES string of the molecule is COc1cccc(C(N)=O)c1OCc1cc(C)no1. The molecule has 19 heavy (non-hydrogen) atoms. The predicted molar refractivity (Wildman–Crippen MR) is 67.1 cm³/mol. The highest BCUT2D eigenvalue weighted by Gasteiger charge is 2.15. The number of benzene rings is 1. The molecule has 100 valence electrons. The third-order valence-electron chi connectivity index (χ3n) is 2.50. The normalized spacial score (nSPS) is 10.2. The molecule has 0 aliphatic rings. The minimum atomic E-state index is -0.581. The minimum Gasteiger partial charge on any atom is -0.493 e. The van der Waals surface area contributed by atoms with Gasteiger partial charge in [0.2, 0.25) is 0 Å². The van der Waals surface area contributed by atoms with Crippen LogP contribution >= 0.6 is 0 Å². The zero-order chi connectivity index (χ0) is 13.8. The molecule has 1 amide bonds. The maximum Gasteiger partial charge on any atom is 0.252 e. The second-order valence-corrected chi connectivity index (χ2v) is 3.92. The van der Waals surface area contributed by atoms with Crippen LogP contribution in [-0.4, -0.2) is 18.2 Å². The van der Waals surface area contributed by atoms with E-state index in [0.29, 0.717) is 17.3 Å². The number of hydrogen-bond donors (Lipinski definition) is 1. The van der Waals surface area contributed by atoms with Gasteiger partial charge in [0, 0.05) is 6.07 Å². The number of methoxy groups -OCH3 is 1. The Labute approximate surface area is 110 Å². The van der Waals surface area contributed by atoms with Crippen molar-refractivity contribution in [2.24, 2.45) is 5.73 Å². The Morgan fingerprint density at radius 1 is 1.47 bits per heavy atom. The summed E-state index contributed by atoms with van der Waals surface area (Å²) in [5.74, 6) is 0.709. The van der Waals surface area contributed by atoms with Crippen molar-refractivity contribution in [1.29, 1.82) is 0 Å². The van der Waals surface area contributed by atoms with Gasteiger partial charge < -0.3 is 19.7 Å². The van der Waals surface area contributed by atoms with E-state index in [4.69, 9.17) is 19.7 Å². The molecular weight excluding hydrogens is 248 g/mol. The zero-order valence-electron chi connectivity index (χ0n) is 10.7. The number of hydrogen-bond acceptors (Lipinski definition) is 5. The van der Waals surface area contributed by atoms with E-state index in [-0.39, 0.29) is 12.2 Å². The van der Waals surface area contributed by atoms with E-state index in [1.165, 1.54) is 7.11 Å². The summed E-state index contributed by atoms with van der Waals surface area (Å²) < 4.78 is 15.7. The van der Waals surface area contributed by atoms with Gasteiger partial charge in [-0.15, -0.1) is 0 Å². The Bertz CT molecular complexity index is 592. The van der Waals surface area contributed by atoms with Crippen molar-refractivity contribution >= 4 is 5.91 Å². The number of aromatic nitrogens is 1. The number of nitrogens with two attached hydrogens (primary N) is 1. The highest BCUT2D eigenvalue weighted by atomic mass is 16.5. The lowest BCUT2D eigenvalue weighted by Gasteiger charge is -2.12. The molecule has 0 radical (unpaired) electrons. The molecule has 0 unspecified atom stereocenters. The molecule has 2 N–H and O–H groups in total. The lowest BCUT2D eigenvalue weighted by atomic mass is 10.2. The van der Waals surface area contributed by atoms with Gasteiger partial charge in [-0.2, -0.15) is 0 Å². The van der Waals surface area contributed by atoms with E-state index in [1.807, 2.05) is 6.92 Å². The lowest BCUT2D eigenvalue weighted by Crippen LogP contribution is -2.13. The van der Waals surface area contributed by atoms with Crippen LogP contribution in [0.25, 0.3) is 0 Å². The molecule has 0 bridgehead atoms. The summed E-state index contributed by atoms with van der Waals surface area (Å²) >= 11 is 0. The van der Waals surface area contributed by atoms with Gasteiger partial charge in [0.05, 0.1) is 18.4 Å². The molecule has 1 heterocycles. The summed E-state index contributed by atoms with van der Waals surface area (Å²) in [6.07, 6.45) is 0. The van der Waals surface area contributed by atoms with Crippen molar-refractivity contribution in [3.05, 3.63) is 41.3 Å². The summed E-state index contributed by atoms with van der Waals surface area (Å²) in [6, 6.07) is 6.68. The van der Waals surface area contributed by atoms with Crippen LogP contribution in [0.15, 0.2) is 28.8 Å². The number of ether oxygens (including phenoxy) is 2. The molecule has 1 aromatic heterocycles. The molecule has 0 saturated carbocycles. The quantitative estimate of drug-likeness (QED) is 0.885. The van der Waals surface area contributed by atoms with Crippen molar-refractivity contribution in [2.75, 3.05) is 7.11 Å². The molecule has 0 aliphatic heterocycles. The molecule has 0 saturated heterocycles. The number of nitrogens with zero attached hydrogens (tertiary/aromatic N) is 1. The van der Waals surface area contributed by atoms with Crippen LogP contribution in [0, 0.1) is 6.92 Å². The third-order valence-corrected chi connectivity index (χ3v) is 2.50. The fourth-order valence-electron chi connectivity index (χ4n) is 1.65. The molecule has 6 nitrogen and oxygen atoms in total. The molecule has 0 atom stereocenters. The van der Waals surface area contributed by atoms with E-state index in [9.17, 15) is 4.79 Å². The molecule has 6 heteroatoms. The molecule has 1 aromatic carbocycles. The first-order chi connectivity index (χ1) is 9.11. The Morgan fingerprint density at radius 3 is 2.84 bits per heavy atom. The van der Waals surface area contributed by atoms with Crippen LogP contribution in [0.5, 0.6) is 11.5 Å². The van der Waals surface area contributed by atoms with Crippen LogP contribution in [0.1, 0.15) is 21.8 Å². The number of carbonyl (C=O) groups is 1. The number of aryl methyl sites for hydroxylation is 1. The van der Waals surface area contributed by atoms with Crippen LogP contribution in [0.3, 0.4) is 0 Å². The monoisotopic (exact) mass is 262 g/mol. The van der Waals surface area contributed by atoms with Gasteiger partial charge in [-0.1, -0.05) is 11.2 Å². The number of amides is 1. The summed E-state index contributed by atoms with van der Waals surface area (Å²) in [7, 11) is 1.49. The summed E-state index contributed by atoms with van der Waals surface area (Å²) in [5, 5.41) is 3.75. The Kier molecular flexibility index (Phi) is 3.70. The third kappa shape index (κ3) is 2.85. The summed E-state index contributed by atoms with van der Waals surface area (Å²) in [6.45, 7) is 1.95. The van der Waals surface area contributed by atoms with Crippen molar-refractivity contribution in [3.63, 3.8) is 0 Å². The maximum atomic E-state index is 11.4. The molecule has 0 spiro atoms. The molecule has 0 fully saturated rings. The highest BCUT2D eigenvalue weighted by Crippen LogP contribution is 2.31. The maximum absolute atomic E-state index is 11.4. The van der Waals surface area contributed by atoms with Crippen molar-refractivity contribution in [2.45, 2.75) is 13.5 Å². The Balaban J connectivity index is 2.25. The predicted octanol–water partition coefficient (Wildman–Crippen LogP) is 1.67. The van der Waals surface area contributed by atoms with Crippen molar-refractivity contribution < 1.29 is 18.8 Å². The molecule has 2 aromatic rings. The molecule has 0 aliphatic carbocycles. The number of para-hydroxylation sites is 1. The van der Waals surface area contributed by atoms with Crippen molar-refractivity contribution in [3.8, 4) is 11.5 Å². The average molecular weight is 262 g/mol. The number of carbonyl (C=O) groups excluding carboxylic acids is 1. The first kappa shape index (κ1) is 12.9. The first-order valence-electron chi connectivity index (χ1n) is 5.63. The van der Waals surface area contributed by atoms with Gasteiger partial charge in [0.25, 0.3) is 5.91 Å². The minimum absolute atomic E-state index is 0.140. The van der Waals surface area contributed by atoms with Gasteiger partial charge in [-0.25, -0.2) is 0 Å². The molecular formula is C13H14N2O4. The van der Waals surface area contributed by atoms with Crippen LogP contribution in [-0.2, 0) is 6.61 Å². The summed E-state index contributed by atoms with van der Waals surface area (Å²) in [5.41, 5.74) is 6.32. The Morgan fingerprint density at radius 2 is 2.26 bits per heavy atom. The van der Waals surface area contributed by atoms with E-state index in [0.717, 1.165) is 5.69 Å². The second-order valence-electron chi connectivity index (χ2n) is 3.92. The first-order valence-corrected chi connectivity index (χ1v) is 5.63. The highest BCUT2D eigenvalue weighted by molar-refractivity contribution is 5.96. The van der Waals surface area contributed by atoms with Gasteiger partial charge in [-0.05, 0) is 19.1 Å². The van der Waals surface area contributed by atoms with Crippen molar-refractivity contribution in [1.82, 2.24) is 5.16 Å². The van der Waals surface area contributed by atoms with Crippen LogP contribution < -0.4 is 15.2 Å². The van der Waals surface area contributed by atoms with Gasteiger partial charge in [-0.3, -0.25) is 4.79 Å². The van der Waals surface area contributed by atoms with Gasteiger partial charge >= 0.3 is 0 Å². The van der Waals surface area contributed by atoms with E-state index < -0.39 is 5.91 Å². The van der Waals surface area contributed by atoms with Crippen LogP contribution in [0.2, 0.25) is 0 Å². The largest absolute Gasteiger partial charge is 0.493 e. The van der Waals surface area contributed by atoms with Crippen LogP contribution in [0.4, 0.5) is 0 Å². The fourth-order valence-corrected chi connectivity index (χ4v) is 1.65. The summed E-state index contributed by atoms with van der Waals surface area (Å²) in [4.78, 5) is 11.4. The number of primary amides is 1. The smallest absolute Gasteiger partial charge is 0.252 e. The van der Waals surface area contributed by atoms with E-state index in [1.54, 1.807) is 24.3 Å². The van der Waals surface area contributed by atoms with Gasteiger partial charge in [0.15, 0.2) is 17.3 Å². The Hall–Kier alpha value is -2.50. The lowest BCUT2D eigenvalue weighted by molar-refractivity contribution is 0.0994. The zero-order valence-corrected chi connectivity index (χ0v) is 10.7. The standard InChI is InChI=1S/C13H14N2O4/c1-8-6-9(19-15-8)7-18-12-10(13(14)16)4-3-5-11(12)17-2/h3-6H,7H2,1-2H3,(H2,14,16). The van der Waals surface area contributed by atoms with E-state index in [2.05, 4.69) is 5.16 Å². The fraction of sp³-hybridized carbons (Fsp3) is 0.231. The number of rotatable bonds is 5.